The third kappa shape index (κ3) is 1.99. The molecule has 6 heteroatoms. The topological polar surface area (TPSA) is 74.7 Å². The molecule has 1 aromatic heterocycles. The van der Waals surface area contributed by atoms with Crippen LogP contribution in [0, 0.1) is 23.0 Å². The van der Waals surface area contributed by atoms with Gasteiger partial charge >= 0.3 is 0 Å². The van der Waals surface area contributed by atoms with Crippen molar-refractivity contribution in [2.24, 2.45) is 5.84 Å². The molecule has 0 spiro atoms. The van der Waals surface area contributed by atoms with Crippen LogP contribution in [0.2, 0.25) is 0 Å². The van der Waals surface area contributed by atoms with Crippen LogP contribution in [-0.2, 0) is 0 Å². The fraction of sp³-hybridized carbons (Fsp3) is 0. The van der Waals surface area contributed by atoms with Gasteiger partial charge in [-0.1, -0.05) is 6.07 Å². The first-order valence-electron chi connectivity index (χ1n) is 4.99. The van der Waals surface area contributed by atoms with E-state index in [2.05, 4.69) is 10.4 Å². The fourth-order valence-corrected chi connectivity index (χ4v) is 1.54. The maximum absolute atomic E-state index is 13.6. The van der Waals surface area contributed by atoms with Gasteiger partial charge < -0.3 is 5.43 Å². The lowest BCUT2D eigenvalue weighted by Gasteiger charge is -2.07. The number of benzene rings is 1. The Balaban J connectivity index is 2.63. The van der Waals surface area contributed by atoms with Gasteiger partial charge in [0, 0.05) is 0 Å². The van der Waals surface area contributed by atoms with Crippen LogP contribution < -0.4 is 11.3 Å². The molecule has 0 fully saturated rings. The van der Waals surface area contributed by atoms with E-state index in [0.717, 1.165) is 12.1 Å². The molecule has 0 bridgehead atoms. The smallest absolute Gasteiger partial charge is 0.158 e. The summed E-state index contributed by atoms with van der Waals surface area (Å²) >= 11 is 0. The molecule has 0 atom stereocenters. The summed E-state index contributed by atoms with van der Waals surface area (Å²) < 4.78 is 27.1. The van der Waals surface area contributed by atoms with E-state index in [4.69, 9.17) is 11.1 Å². The van der Waals surface area contributed by atoms with Crippen molar-refractivity contribution in [3.05, 3.63) is 47.5 Å². The third-order valence-electron chi connectivity index (χ3n) is 2.37. The highest BCUT2D eigenvalue weighted by atomic mass is 19.1. The Hall–Kier alpha value is -2.52. The van der Waals surface area contributed by atoms with Crippen LogP contribution in [-0.4, -0.2) is 4.98 Å². The van der Waals surface area contributed by atoms with Gasteiger partial charge in [0.1, 0.15) is 17.7 Å². The number of nitriles is 1. The maximum atomic E-state index is 13.6. The highest BCUT2D eigenvalue weighted by Gasteiger charge is 2.14. The number of aromatic nitrogens is 1. The SMILES string of the molecule is N#Cc1ccc(-c2c(F)cccc2F)nc1NN. The summed E-state index contributed by atoms with van der Waals surface area (Å²) in [6.07, 6.45) is 0. The number of nitrogens with zero attached hydrogens (tertiary/aromatic N) is 2. The van der Waals surface area contributed by atoms with Crippen molar-refractivity contribution in [3.8, 4) is 17.3 Å². The zero-order valence-electron chi connectivity index (χ0n) is 9.11. The molecule has 0 aliphatic heterocycles. The molecule has 1 heterocycles. The van der Waals surface area contributed by atoms with E-state index in [9.17, 15) is 8.78 Å². The number of halogens is 2. The summed E-state index contributed by atoms with van der Waals surface area (Å²) in [7, 11) is 0. The summed E-state index contributed by atoms with van der Waals surface area (Å²) in [6.45, 7) is 0. The molecule has 0 saturated carbocycles. The van der Waals surface area contributed by atoms with Crippen molar-refractivity contribution in [1.29, 1.82) is 5.26 Å². The zero-order chi connectivity index (χ0) is 13.1. The number of nitrogens with one attached hydrogen (secondary N) is 1. The Labute approximate surface area is 102 Å². The van der Waals surface area contributed by atoms with Gasteiger partial charge in [-0.2, -0.15) is 5.26 Å². The Morgan fingerprint density at radius 1 is 1.17 bits per heavy atom. The van der Waals surface area contributed by atoms with E-state index >= 15 is 0 Å². The molecule has 1 aromatic carbocycles. The Morgan fingerprint density at radius 3 is 2.39 bits per heavy atom. The second-order valence-electron chi connectivity index (χ2n) is 3.45. The van der Waals surface area contributed by atoms with Gasteiger partial charge in [0.2, 0.25) is 0 Å². The van der Waals surface area contributed by atoms with Crippen molar-refractivity contribution in [1.82, 2.24) is 4.98 Å². The lowest BCUT2D eigenvalue weighted by atomic mass is 10.1. The summed E-state index contributed by atoms with van der Waals surface area (Å²) in [5.41, 5.74) is 2.23. The highest BCUT2D eigenvalue weighted by Crippen LogP contribution is 2.26. The molecule has 3 N–H and O–H groups in total. The van der Waals surface area contributed by atoms with E-state index in [0.29, 0.717) is 0 Å². The minimum atomic E-state index is -0.727. The van der Waals surface area contributed by atoms with Crippen LogP contribution >= 0.6 is 0 Å². The van der Waals surface area contributed by atoms with Crippen LogP contribution in [0.3, 0.4) is 0 Å². The largest absolute Gasteiger partial charge is 0.307 e. The highest BCUT2D eigenvalue weighted by molar-refractivity contribution is 5.65. The number of anilines is 1. The Bertz CT molecular complexity index is 614. The molecule has 18 heavy (non-hydrogen) atoms. The van der Waals surface area contributed by atoms with E-state index in [1.54, 1.807) is 0 Å². The van der Waals surface area contributed by atoms with Gasteiger partial charge in [-0.3, -0.25) is 0 Å². The normalized spacial score (nSPS) is 9.89. The van der Waals surface area contributed by atoms with Gasteiger partial charge in [-0.05, 0) is 24.3 Å². The second kappa shape index (κ2) is 4.77. The number of hydrogen-bond donors (Lipinski definition) is 2. The summed E-state index contributed by atoms with van der Waals surface area (Å²) in [6, 6.07) is 8.15. The predicted octanol–water partition coefficient (Wildman–Crippen LogP) is 2.18. The summed E-state index contributed by atoms with van der Waals surface area (Å²) in [4.78, 5) is 3.92. The predicted molar refractivity (Wildman–Crippen MR) is 62.1 cm³/mol. The van der Waals surface area contributed by atoms with Crippen LogP contribution in [0.5, 0.6) is 0 Å². The first-order chi connectivity index (χ1) is 8.67. The molecule has 0 aliphatic rings. The standard InChI is InChI=1S/C12H8F2N4/c13-8-2-1-3-9(14)11(8)10-5-4-7(6-15)12(17-10)18-16/h1-5H,16H2,(H,17,18). The number of nitrogen functional groups attached to an aromatic ring is 1. The average Bonchev–Trinajstić information content (AvgIpc) is 2.38. The van der Waals surface area contributed by atoms with Crippen LogP contribution in [0.15, 0.2) is 30.3 Å². The zero-order valence-corrected chi connectivity index (χ0v) is 9.11. The quantitative estimate of drug-likeness (QED) is 0.629. The number of pyridine rings is 1. The molecule has 0 radical (unpaired) electrons. The number of rotatable bonds is 2. The minimum absolute atomic E-state index is 0.0672. The molecular weight excluding hydrogens is 238 g/mol. The van der Waals surface area contributed by atoms with Crippen LogP contribution in [0.4, 0.5) is 14.6 Å². The van der Waals surface area contributed by atoms with E-state index in [-0.39, 0.29) is 22.6 Å². The van der Waals surface area contributed by atoms with E-state index < -0.39 is 11.6 Å². The number of hydrazine groups is 1. The average molecular weight is 246 g/mol. The van der Waals surface area contributed by atoms with Crippen molar-refractivity contribution in [2.45, 2.75) is 0 Å². The molecule has 2 aromatic rings. The molecular formula is C12H8F2N4. The van der Waals surface area contributed by atoms with Gasteiger partial charge in [0.05, 0.1) is 16.8 Å². The van der Waals surface area contributed by atoms with Crippen molar-refractivity contribution in [2.75, 3.05) is 5.43 Å². The summed E-state index contributed by atoms with van der Waals surface area (Å²) in [5.74, 6) is 3.81. The first kappa shape index (κ1) is 12.0. The fourth-order valence-electron chi connectivity index (χ4n) is 1.54. The van der Waals surface area contributed by atoms with Gasteiger partial charge in [-0.25, -0.2) is 19.6 Å². The lowest BCUT2D eigenvalue weighted by molar-refractivity contribution is 0.588. The molecule has 0 saturated heterocycles. The third-order valence-corrected chi connectivity index (χ3v) is 2.37. The van der Waals surface area contributed by atoms with Crippen molar-refractivity contribution < 1.29 is 8.78 Å². The van der Waals surface area contributed by atoms with Gasteiger partial charge in [-0.15, -0.1) is 0 Å². The van der Waals surface area contributed by atoms with Crippen LogP contribution in [0.25, 0.3) is 11.3 Å². The van der Waals surface area contributed by atoms with E-state index in [1.165, 1.54) is 18.2 Å². The van der Waals surface area contributed by atoms with Crippen LogP contribution in [0.1, 0.15) is 5.56 Å². The molecule has 2 rings (SSSR count). The molecule has 0 amide bonds. The minimum Gasteiger partial charge on any atom is -0.307 e. The molecule has 90 valence electrons. The van der Waals surface area contributed by atoms with E-state index in [1.807, 2.05) is 6.07 Å². The lowest BCUT2D eigenvalue weighted by Crippen LogP contribution is -2.11. The van der Waals surface area contributed by atoms with Crippen molar-refractivity contribution >= 4 is 5.82 Å². The van der Waals surface area contributed by atoms with Crippen molar-refractivity contribution in [3.63, 3.8) is 0 Å². The molecule has 4 nitrogen and oxygen atoms in total. The van der Waals surface area contributed by atoms with Gasteiger partial charge in [0.25, 0.3) is 0 Å². The Kier molecular flexibility index (Phi) is 3.17. The van der Waals surface area contributed by atoms with Gasteiger partial charge in [0.15, 0.2) is 5.82 Å². The number of hydrogen-bond acceptors (Lipinski definition) is 4. The Morgan fingerprint density at radius 2 is 1.83 bits per heavy atom. The first-order valence-corrected chi connectivity index (χ1v) is 4.99. The number of nitrogens with two attached hydrogens (primary N) is 1. The molecule has 0 unspecified atom stereocenters. The summed E-state index contributed by atoms with van der Waals surface area (Å²) in [5, 5.41) is 8.79. The monoisotopic (exact) mass is 246 g/mol. The molecule has 0 aliphatic carbocycles. The second-order valence-corrected chi connectivity index (χ2v) is 3.45. The maximum Gasteiger partial charge on any atom is 0.158 e.